The first-order valence-electron chi connectivity index (χ1n) is 6.56. The average molecular weight is 306 g/mol. The van der Waals surface area contributed by atoms with Gasteiger partial charge < -0.3 is 4.57 Å². The standard InChI is InChI=1S/C15H16ClN3S/c1-9-5-4-6-12-14(9)19(15(18-12)10(2)16)7-13-11(3)17-8-20-13/h4-6,8,10H,7H2,1-3H3. The number of para-hydroxylation sites is 1. The fraction of sp³-hybridized carbons (Fsp3) is 0.333. The molecule has 0 N–H and O–H groups in total. The Kier molecular flexibility index (Phi) is 3.52. The SMILES string of the molecule is Cc1ncsc1Cn1c(C(C)Cl)nc2cccc(C)c21. The van der Waals surface area contributed by atoms with Crippen molar-refractivity contribution in [2.75, 3.05) is 0 Å². The lowest BCUT2D eigenvalue weighted by molar-refractivity contribution is 0.745. The first-order chi connectivity index (χ1) is 9.58. The average Bonchev–Trinajstić information content (AvgIpc) is 2.96. The van der Waals surface area contributed by atoms with Crippen LogP contribution in [0.5, 0.6) is 0 Å². The van der Waals surface area contributed by atoms with Crippen molar-refractivity contribution in [2.24, 2.45) is 0 Å². The minimum atomic E-state index is -0.116. The third-order valence-electron chi connectivity index (χ3n) is 3.50. The van der Waals surface area contributed by atoms with Crippen LogP contribution in [-0.2, 0) is 6.54 Å². The van der Waals surface area contributed by atoms with Gasteiger partial charge in [-0.25, -0.2) is 9.97 Å². The van der Waals surface area contributed by atoms with E-state index in [1.165, 1.54) is 16.0 Å². The third-order valence-corrected chi connectivity index (χ3v) is 4.62. The maximum absolute atomic E-state index is 6.32. The van der Waals surface area contributed by atoms with Crippen molar-refractivity contribution < 1.29 is 0 Å². The molecule has 1 atom stereocenters. The number of rotatable bonds is 3. The first-order valence-corrected chi connectivity index (χ1v) is 7.88. The molecule has 1 aromatic carbocycles. The van der Waals surface area contributed by atoms with Crippen molar-refractivity contribution in [3.63, 3.8) is 0 Å². The lowest BCUT2D eigenvalue weighted by Crippen LogP contribution is -2.06. The Balaban J connectivity index is 2.21. The van der Waals surface area contributed by atoms with Gasteiger partial charge in [0.05, 0.1) is 34.2 Å². The minimum absolute atomic E-state index is 0.116. The molecule has 0 fully saturated rings. The Morgan fingerprint density at radius 1 is 1.35 bits per heavy atom. The maximum Gasteiger partial charge on any atom is 0.128 e. The third kappa shape index (κ3) is 2.23. The van der Waals surface area contributed by atoms with Gasteiger partial charge in [-0.05, 0) is 32.4 Å². The van der Waals surface area contributed by atoms with Gasteiger partial charge in [-0.1, -0.05) is 12.1 Å². The van der Waals surface area contributed by atoms with E-state index in [-0.39, 0.29) is 5.38 Å². The Morgan fingerprint density at radius 3 is 2.80 bits per heavy atom. The van der Waals surface area contributed by atoms with Crippen molar-refractivity contribution in [1.29, 1.82) is 0 Å². The molecule has 3 rings (SSSR count). The smallest absolute Gasteiger partial charge is 0.128 e. The molecule has 0 spiro atoms. The Bertz CT molecular complexity index is 758. The molecule has 1 unspecified atom stereocenters. The predicted octanol–water partition coefficient (Wildman–Crippen LogP) is 4.46. The van der Waals surface area contributed by atoms with Crippen LogP contribution >= 0.6 is 22.9 Å². The number of hydrogen-bond donors (Lipinski definition) is 0. The number of imidazole rings is 1. The van der Waals surface area contributed by atoms with Crippen molar-refractivity contribution in [1.82, 2.24) is 14.5 Å². The summed E-state index contributed by atoms with van der Waals surface area (Å²) >= 11 is 8.00. The number of fused-ring (bicyclic) bond motifs is 1. The monoisotopic (exact) mass is 305 g/mol. The summed E-state index contributed by atoms with van der Waals surface area (Å²) in [7, 11) is 0. The summed E-state index contributed by atoms with van der Waals surface area (Å²) in [6.45, 7) is 6.91. The minimum Gasteiger partial charge on any atom is -0.321 e. The molecular weight excluding hydrogens is 290 g/mol. The maximum atomic E-state index is 6.32. The molecule has 0 aliphatic carbocycles. The number of aromatic nitrogens is 3. The second-order valence-electron chi connectivity index (χ2n) is 4.98. The summed E-state index contributed by atoms with van der Waals surface area (Å²) in [5.74, 6) is 0.920. The molecule has 2 heterocycles. The zero-order valence-electron chi connectivity index (χ0n) is 11.7. The molecule has 104 valence electrons. The van der Waals surface area contributed by atoms with E-state index in [4.69, 9.17) is 16.6 Å². The first kappa shape index (κ1) is 13.6. The van der Waals surface area contributed by atoms with Crippen LogP contribution < -0.4 is 0 Å². The second-order valence-corrected chi connectivity index (χ2v) is 6.57. The van der Waals surface area contributed by atoms with Gasteiger partial charge in [0.25, 0.3) is 0 Å². The van der Waals surface area contributed by atoms with Crippen LogP contribution in [0, 0.1) is 13.8 Å². The molecule has 0 aliphatic rings. The summed E-state index contributed by atoms with van der Waals surface area (Å²) in [6.07, 6.45) is 0. The van der Waals surface area contributed by atoms with Crippen molar-refractivity contribution in [3.8, 4) is 0 Å². The molecule has 0 saturated carbocycles. The highest BCUT2D eigenvalue weighted by molar-refractivity contribution is 7.09. The topological polar surface area (TPSA) is 30.7 Å². The van der Waals surface area contributed by atoms with Crippen molar-refractivity contribution in [2.45, 2.75) is 32.7 Å². The van der Waals surface area contributed by atoms with Crippen LogP contribution in [0.1, 0.15) is 34.3 Å². The second kappa shape index (κ2) is 5.19. The molecule has 5 heteroatoms. The normalized spacial score (nSPS) is 13.0. The number of benzene rings is 1. The van der Waals surface area contributed by atoms with E-state index in [0.29, 0.717) is 0 Å². The lowest BCUT2D eigenvalue weighted by Gasteiger charge is -2.11. The van der Waals surface area contributed by atoms with Crippen molar-refractivity contribution >= 4 is 34.0 Å². The van der Waals surface area contributed by atoms with Crippen LogP contribution in [0.3, 0.4) is 0 Å². The number of hydrogen-bond acceptors (Lipinski definition) is 3. The lowest BCUT2D eigenvalue weighted by atomic mass is 10.2. The highest BCUT2D eigenvalue weighted by Gasteiger charge is 2.17. The molecule has 0 radical (unpaired) electrons. The number of alkyl halides is 1. The molecule has 0 aliphatic heterocycles. The fourth-order valence-corrected chi connectivity index (χ4v) is 3.40. The van der Waals surface area contributed by atoms with Gasteiger partial charge in [-0.15, -0.1) is 22.9 Å². The molecule has 20 heavy (non-hydrogen) atoms. The van der Waals surface area contributed by atoms with Gasteiger partial charge in [0.1, 0.15) is 5.82 Å². The summed E-state index contributed by atoms with van der Waals surface area (Å²) < 4.78 is 2.23. The van der Waals surface area contributed by atoms with E-state index in [1.807, 2.05) is 31.5 Å². The van der Waals surface area contributed by atoms with Gasteiger partial charge in [-0.3, -0.25) is 0 Å². The molecule has 3 aromatic rings. The van der Waals surface area contributed by atoms with Crippen LogP contribution in [-0.4, -0.2) is 14.5 Å². The zero-order chi connectivity index (χ0) is 14.3. The summed E-state index contributed by atoms with van der Waals surface area (Å²) in [5.41, 5.74) is 6.37. The van der Waals surface area contributed by atoms with Gasteiger partial charge in [0.15, 0.2) is 0 Å². The highest BCUT2D eigenvalue weighted by atomic mass is 35.5. The van der Waals surface area contributed by atoms with E-state index < -0.39 is 0 Å². The Morgan fingerprint density at radius 2 is 2.15 bits per heavy atom. The Hall–Kier alpha value is -1.39. The largest absolute Gasteiger partial charge is 0.321 e. The molecule has 0 amide bonds. The Labute approximate surface area is 127 Å². The summed E-state index contributed by atoms with van der Waals surface area (Å²) in [5, 5.41) is -0.116. The van der Waals surface area contributed by atoms with E-state index in [2.05, 4.69) is 22.5 Å². The fourth-order valence-electron chi connectivity index (χ4n) is 2.47. The number of thiazole rings is 1. The van der Waals surface area contributed by atoms with Crippen molar-refractivity contribution in [3.05, 3.63) is 45.7 Å². The molecule has 0 bridgehead atoms. The number of halogens is 1. The van der Waals surface area contributed by atoms with Gasteiger partial charge in [0.2, 0.25) is 0 Å². The van der Waals surface area contributed by atoms with Crippen LogP contribution in [0.25, 0.3) is 11.0 Å². The van der Waals surface area contributed by atoms with E-state index in [1.54, 1.807) is 11.3 Å². The summed E-state index contributed by atoms with van der Waals surface area (Å²) in [6, 6.07) is 6.19. The van der Waals surface area contributed by atoms with E-state index >= 15 is 0 Å². The zero-order valence-corrected chi connectivity index (χ0v) is 13.3. The quantitative estimate of drug-likeness (QED) is 0.669. The molecule has 0 saturated heterocycles. The molecule has 3 nitrogen and oxygen atoms in total. The molecule has 2 aromatic heterocycles. The summed E-state index contributed by atoms with van der Waals surface area (Å²) in [4.78, 5) is 10.3. The molecular formula is C15H16ClN3S. The van der Waals surface area contributed by atoms with Gasteiger partial charge >= 0.3 is 0 Å². The van der Waals surface area contributed by atoms with E-state index in [0.717, 1.165) is 23.6 Å². The van der Waals surface area contributed by atoms with E-state index in [9.17, 15) is 0 Å². The number of aryl methyl sites for hydroxylation is 2. The van der Waals surface area contributed by atoms with Crippen LogP contribution in [0.2, 0.25) is 0 Å². The van der Waals surface area contributed by atoms with Crippen LogP contribution in [0.15, 0.2) is 23.7 Å². The highest BCUT2D eigenvalue weighted by Crippen LogP contribution is 2.28. The van der Waals surface area contributed by atoms with Gasteiger partial charge in [0, 0.05) is 4.88 Å². The number of nitrogens with zero attached hydrogens (tertiary/aromatic N) is 3. The van der Waals surface area contributed by atoms with Crippen LogP contribution in [0.4, 0.5) is 0 Å². The predicted molar refractivity (Wildman–Crippen MR) is 84.7 cm³/mol. The van der Waals surface area contributed by atoms with Gasteiger partial charge in [-0.2, -0.15) is 0 Å².